The lowest BCUT2D eigenvalue weighted by Crippen LogP contribution is -2.62. The lowest BCUT2D eigenvalue weighted by atomic mass is 9.98. The SMILES string of the molecule is COC(OC)c1ccc(OC/C=C/CO[C@H]2O[C@H](COC(C)=O)[C@H](OC(C)=O)[C@@H](OC(C)=O)[C@@H]2OC(C)=O)cc1. The number of carbonyl (C=O) groups is 4. The van der Waals surface area contributed by atoms with Crippen molar-refractivity contribution in [2.24, 2.45) is 0 Å². The normalized spacial score (nSPS) is 22.5. The molecule has 0 N–H and O–H groups in total. The Bertz CT molecular complexity index is 1000. The minimum absolute atomic E-state index is 0.0145. The van der Waals surface area contributed by atoms with Crippen molar-refractivity contribution in [2.75, 3.05) is 34.0 Å². The van der Waals surface area contributed by atoms with Gasteiger partial charge in [-0.1, -0.05) is 18.2 Å². The smallest absolute Gasteiger partial charge is 0.303 e. The summed E-state index contributed by atoms with van der Waals surface area (Å²) >= 11 is 0. The number of benzene rings is 1. The Morgan fingerprint density at radius 2 is 1.32 bits per heavy atom. The van der Waals surface area contributed by atoms with Crippen molar-refractivity contribution in [1.82, 2.24) is 0 Å². The zero-order valence-electron chi connectivity index (χ0n) is 23.4. The molecule has 0 saturated carbocycles. The van der Waals surface area contributed by atoms with Gasteiger partial charge >= 0.3 is 23.9 Å². The van der Waals surface area contributed by atoms with E-state index in [1.165, 1.54) is 6.92 Å². The highest BCUT2D eigenvalue weighted by Crippen LogP contribution is 2.30. The molecule has 1 aromatic carbocycles. The number of hydrogen-bond acceptors (Lipinski definition) is 13. The molecule has 0 aromatic heterocycles. The van der Waals surface area contributed by atoms with E-state index in [0.29, 0.717) is 5.75 Å². The first kappa shape index (κ1) is 32.7. The van der Waals surface area contributed by atoms with Crippen molar-refractivity contribution in [2.45, 2.75) is 64.7 Å². The van der Waals surface area contributed by atoms with Crippen LogP contribution in [-0.4, -0.2) is 88.6 Å². The second kappa shape index (κ2) is 16.6. The maximum Gasteiger partial charge on any atom is 0.303 e. The molecular formula is C27H36O13. The molecule has 40 heavy (non-hydrogen) atoms. The maximum atomic E-state index is 11.9. The number of hydrogen-bond donors (Lipinski definition) is 0. The Kier molecular flexibility index (Phi) is 13.5. The van der Waals surface area contributed by atoms with E-state index < -0.39 is 60.9 Å². The highest BCUT2D eigenvalue weighted by atomic mass is 16.7. The van der Waals surface area contributed by atoms with E-state index >= 15 is 0 Å². The molecule has 1 saturated heterocycles. The summed E-state index contributed by atoms with van der Waals surface area (Å²) in [6, 6.07) is 7.21. The van der Waals surface area contributed by atoms with E-state index in [2.05, 4.69) is 0 Å². The largest absolute Gasteiger partial charge is 0.490 e. The molecule has 0 aliphatic carbocycles. The van der Waals surface area contributed by atoms with Gasteiger partial charge in [0.1, 0.15) is 25.1 Å². The Morgan fingerprint density at radius 1 is 0.775 bits per heavy atom. The fourth-order valence-electron chi connectivity index (χ4n) is 3.84. The van der Waals surface area contributed by atoms with Gasteiger partial charge in [0.2, 0.25) is 0 Å². The molecule has 1 heterocycles. The highest BCUT2D eigenvalue weighted by molar-refractivity contribution is 5.68. The van der Waals surface area contributed by atoms with Crippen LogP contribution in [0.1, 0.15) is 39.5 Å². The zero-order valence-corrected chi connectivity index (χ0v) is 23.4. The summed E-state index contributed by atoms with van der Waals surface area (Å²) in [4.78, 5) is 46.9. The summed E-state index contributed by atoms with van der Waals surface area (Å²) < 4.78 is 48.8. The molecule has 13 heteroatoms. The summed E-state index contributed by atoms with van der Waals surface area (Å²) in [5.41, 5.74) is 0.839. The number of carbonyl (C=O) groups excluding carboxylic acids is 4. The van der Waals surface area contributed by atoms with E-state index in [0.717, 1.165) is 26.3 Å². The van der Waals surface area contributed by atoms with Crippen LogP contribution in [0.15, 0.2) is 36.4 Å². The van der Waals surface area contributed by atoms with Gasteiger partial charge in [-0.05, 0) is 18.2 Å². The Morgan fingerprint density at radius 3 is 1.88 bits per heavy atom. The standard InChI is InChI=1S/C27H36O13/c1-16(28)36-15-22-23(37-17(2)29)24(38-18(3)30)25(39-19(4)31)27(40-22)35-14-8-7-13-34-21-11-9-20(10-12-21)26(32-5)33-6/h7-12,22-27H,13-15H2,1-6H3/b8-7+/t22-,23+,24-,25+,27+/m1/s1. The first-order valence-electron chi connectivity index (χ1n) is 12.4. The van der Waals surface area contributed by atoms with E-state index in [-0.39, 0.29) is 19.8 Å². The molecule has 0 amide bonds. The third-order valence-electron chi connectivity index (χ3n) is 5.40. The van der Waals surface area contributed by atoms with Crippen molar-refractivity contribution in [3.05, 3.63) is 42.0 Å². The number of rotatable bonds is 14. The van der Waals surface area contributed by atoms with Crippen LogP contribution in [-0.2, 0) is 57.1 Å². The average Bonchev–Trinajstić information content (AvgIpc) is 2.88. The van der Waals surface area contributed by atoms with Crippen LogP contribution in [0.3, 0.4) is 0 Å². The fourth-order valence-corrected chi connectivity index (χ4v) is 3.84. The van der Waals surface area contributed by atoms with Gasteiger partial charge < -0.3 is 42.6 Å². The third kappa shape index (κ3) is 10.6. The van der Waals surface area contributed by atoms with Crippen molar-refractivity contribution in [3.8, 4) is 5.75 Å². The van der Waals surface area contributed by atoms with Gasteiger partial charge in [0.25, 0.3) is 0 Å². The number of esters is 4. The van der Waals surface area contributed by atoms with Crippen molar-refractivity contribution in [1.29, 1.82) is 0 Å². The van der Waals surface area contributed by atoms with Crippen LogP contribution in [0.2, 0.25) is 0 Å². The molecule has 1 aliphatic heterocycles. The summed E-state index contributed by atoms with van der Waals surface area (Å²) in [7, 11) is 3.10. The van der Waals surface area contributed by atoms with Gasteiger partial charge in [-0.25, -0.2) is 0 Å². The molecule has 1 aromatic rings. The second-order valence-corrected chi connectivity index (χ2v) is 8.56. The van der Waals surface area contributed by atoms with E-state index in [1.54, 1.807) is 38.5 Å². The third-order valence-corrected chi connectivity index (χ3v) is 5.40. The quantitative estimate of drug-likeness (QED) is 0.139. The molecular weight excluding hydrogens is 532 g/mol. The van der Waals surface area contributed by atoms with Crippen molar-refractivity contribution < 1.29 is 61.8 Å². The second-order valence-electron chi connectivity index (χ2n) is 8.56. The molecule has 0 radical (unpaired) electrons. The van der Waals surface area contributed by atoms with E-state index in [1.807, 2.05) is 12.1 Å². The molecule has 0 spiro atoms. The lowest BCUT2D eigenvalue weighted by molar-refractivity contribution is -0.306. The molecule has 0 unspecified atom stereocenters. The average molecular weight is 569 g/mol. The summed E-state index contributed by atoms with van der Waals surface area (Å²) in [6.45, 7) is 4.51. The monoisotopic (exact) mass is 568 g/mol. The molecule has 13 nitrogen and oxygen atoms in total. The predicted octanol–water partition coefficient (Wildman–Crippen LogP) is 2.01. The Balaban J connectivity index is 2.08. The molecule has 5 atom stereocenters. The Hall–Kier alpha value is -3.52. The van der Waals surface area contributed by atoms with Gasteiger partial charge in [0.05, 0.1) is 6.61 Å². The Labute approximate surface area is 232 Å². The van der Waals surface area contributed by atoms with Crippen LogP contribution >= 0.6 is 0 Å². The van der Waals surface area contributed by atoms with Crippen LogP contribution in [0.25, 0.3) is 0 Å². The van der Waals surface area contributed by atoms with Crippen molar-refractivity contribution >= 4 is 23.9 Å². The topological polar surface area (TPSA) is 151 Å². The molecule has 0 bridgehead atoms. The highest BCUT2D eigenvalue weighted by Gasteiger charge is 2.52. The van der Waals surface area contributed by atoms with Gasteiger partial charge in [-0.3, -0.25) is 19.2 Å². The zero-order chi connectivity index (χ0) is 29.7. The molecule has 2 rings (SSSR count). The van der Waals surface area contributed by atoms with Gasteiger partial charge in [0, 0.05) is 47.5 Å². The first-order valence-corrected chi connectivity index (χ1v) is 12.4. The van der Waals surface area contributed by atoms with Gasteiger partial charge in [0.15, 0.2) is 30.9 Å². The molecule has 1 aliphatic rings. The molecule has 1 fully saturated rings. The summed E-state index contributed by atoms with van der Waals surface area (Å²) in [5, 5.41) is 0. The minimum atomic E-state index is -1.30. The number of methoxy groups -OCH3 is 2. The van der Waals surface area contributed by atoms with E-state index in [9.17, 15) is 19.2 Å². The lowest BCUT2D eigenvalue weighted by Gasteiger charge is -2.43. The fraction of sp³-hybridized carbons (Fsp3) is 0.556. The van der Waals surface area contributed by atoms with Crippen LogP contribution in [0.4, 0.5) is 0 Å². The van der Waals surface area contributed by atoms with Gasteiger partial charge in [-0.2, -0.15) is 0 Å². The first-order chi connectivity index (χ1) is 19.0. The van der Waals surface area contributed by atoms with Crippen molar-refractivity contribution in [3.63, 3.8) is 0 Å². The van der Waals surface area contributed by atoms with Crippen LogP contribution < -0.4 is 4.74 Å². The number of ether oxygens (including phenoxy) is 9. The van der Waals surface area contributed by atoms with Gasteiger partial charge in [-0.15, -0.1) is 0 Å². The summed E-state index contributed by atoms with van der Waals surface area (Å²) in [5.74, 6) is -2.13. The predicted molar refractivity (Wildman–Crippen MR) is 136 cm³/mol. The summed E-state index contributed by atoms with van der Waals surface area (Å²) in [6.07, 6.45) is -3.29. The van der Waals surface area contributed by atoms with Crippen LogP contribution in [0, 0.1) is 0 Å². The maximum absolute atomic E-state index is 11.9. The van der Waals surface area contributed by atoms with E-state index in [4.69, 9.17) is 42.6 Å². The minimum Gasteiger partial charge on any atom is -0.490 e. The van der Waals surface area contributed by atoms with Crippen LogP contribution in [0.5, 0.6) is 5.75 Å². The molecule has 222 valence electrons.